The quantitative estimate of drug-likeness (QED) is 0.403. The molecule has 0 aliphatic carbocycles. The van der Waals surface area contributed by atoms with Crippen LogP contribution in [0.25, 0.3) is 0 Å². The van der Waals surface area contributed by atoms with Crippen LogP contribution < -0.4 is 10.6 Å². The minimum atomic E-state index is 0.0993. The van der Waals surface area contributed by atoms with E-state index in [9.17, 15) is 0 Å². The van der Waals surface area contributed by atoms with Gasteiger partial charge in [-0.25, -0.2) is 4.98 Å². The molecule has 0 radical (unpaired) electrons. The van der Waals surface area contributed by atoms with Gasteiger partial charge in [0.05, 0.1) is 12.2 Å². The summed E-state index contributed by atoms with van der Waals surface area (Å²) in [6, 6.07) is 0. The SMILES string of the molecule is CN=C(NCCN(C)CCCOC)NCc1nc(C(C)(C)C)cs1. The minimum absolute atomic E-state index is 0.0993. The molecule has 0 saturated carbocycles. The van der Waals surface area contributed by atoms with Crippen LogP contribution in [0.4, 0.5) is 0 Å². The molecule has 24 heavy (non-hydrogen) atoms. The fourth-order valence-electron chi connectivity index (χ4n) is 2.07. The first-order valence-electron chi connectivity index (χ1n) is 8.43. The maximum absolute atomic E-state index is 5.07. The van der Waals surface area contributed by atoms with Crippen molar-refractivity contribution in [1.82, 2.24) is 20.5 Å². The summed E-state index contributed by atoms with van der Waals surface area (Å²) in [6.07, 6.45) is 1.06. The Balaban J connectivity index is 2.29. The van der Waals surface area contributed by atoms with Crippen molar-refractivity contribution in [3.05, 3.63) is 16.1 Å². The molecule has 0 aromatic carbocycles. The normalized spacial score (nSPS) is 12.7. The van der Waals surface area contributed by atoms with Gasteiger partial charge in [-0.3, -0.25) is 4.99 Å². The highest BCUT2D eigenvalue weighted by molar-refractivity contribution is 7.09. The lowest BCUT2D eigenvalue weighted by atomic mass is 9.93. The number of aliphatic imine (C=N–C) groups is 1. The van der Waals surface area contributed by atoms with Gasteiger partial charge >= 0.3 is 0 Å². The molecule has 0 fully saturated rings. The molecule has 0 atom stereocenters. The van der Waals surface area contributed by atoms with E-state index in [0.717, 1.165) is 49.3 Å². The predicted octanol–water partition coefficient (Wildman–Crippen LogP) is 2.07. The van der Waals surface area contributed by atoms with Crippen molar-refractivity contribution in [2.24, 2.45) is 4.99 Å². The number of hydrogen-bond acceptors (Lipinski definition) is 5. The van der Waals surface area contributed by atoms with Crippen LogP contribution in [0.3, 0.4) is 0 Å². The molecule has 1 rings (SSSR count). The van der Waals surface area contributed by atoms with E-state index in [4.69, 9.17) is 9.72 Å². The smallest absolute Gasteiger partial charge is 0.191 e. The lowest BCUT2D eigenvalue weighted by molar-refractivity contribution is 0.180. The van der Waals surface area contributed by atoms with Crippen LogP contribution in [0.15, 0.2) is 10.4 Å². The van der Waals surface area contributed by atoms with Crippen LogP contribution in [-0.2, 0) is 16.7 Å². The first-order chi connectivity index (χ1) is 11.4. The fourth-order valence-corrected chi connectivity index (χ4v) is 3.03. The molecule has 138 valence electrons. The summed E-state index contributed by atoms with van der Waals surface area (Å²) < 4.78 is 5.07. The van der Waals surface area contributed by atoms with Crippen LogP contribution >= 0.6 is 11.3 Å². The lowest BCUT2D eigenvalue weighted by Crippen LogP contribution is -2.40. The Morgan fingerprint density at radius 3 is 2.67 bits per heavy atom. The third-order valence-corrected chi connectivity index (χ3v) is 4.47. The molecule has 7 heteroatoms. The van der Waals surface area contributed by atoms with Gasteiger partial charge in [-0.15, -0.1) is 11.3 Å². The third-order valence-electron chi connectivity index (χ3n) is 3.63. The molecule has 0 aliphatic heterocycles. The highest BCUT2D eigenvalue weighted by Gasteiger charge is 2.17. The van der Waals surface area contributed by atoms with Crippen molar-refractivity contribution < 1.29 is 4.74 Å². The van der Waals surface area contributed by atoms with E-state index in [2.05, 4.69) is 53.7 Å². The Bertz CT molecular complexity index is 495. The Morgan fingerprint density at radius 1 is 1.33 bits per heavy atom. The van der Waals surface area contributed by atoms with E-state index in [-0.39, 0.29) is 5.41 Å². The molecule has 0 unspecified atom stereocenters. The molecule has 0 amide bonds. The molecule has 0 saturated heterocycles. The number of nitrogens with one attached hydrogen (secondary N) is 2. The maximum Gasteiger partial charge on any atom is 0.191 e. The summed E-state index contributed by atoms with van der Waals surface area (Å²) in [5.74, 6) is 0.813. The predicted molar refractivity (Wildman–Crippen MR) is 103 cm³/mol. The van der Waals surface area contributed by atoms with Crippen molar-refractivity contribution in [2.45, 2.75) is 39.2 Å². The molecule has 0 aliphatic rings. The molecule has 6 nitrogen and oxygen atoms in total. The Morgan fingerprint density at radius 2 is 2.08 bits per heavy atom. The molecule has 0 bridgehead atoms. The lowest BCUT2D eigenvalue weighted by Gasteiger charge is -2.18. The molecule has 1 heterocycles. The van der Waals surface area contributed by atoms with Crippen molar-refractivity contribution >= 4 is 17.3 Å². The number of nitrogens with zero attached hydrogens (tertiary/aromatic N) is 3. The first kappa shape index (κ1) is 20.9. The highest BCUT2D eigenvalue weighted by atomic mass is 32.1. The van der Waals surface area contributed by atoms with Crippen molar-refractivity contribution in [1.29, 1.82) is 0 Å². The van der Waals surface area contributed by atoms with E-state index in [0.29, 0.717) is 6.54 Å². The molecule has 2 N–H and O–H groups in total. The molecule has 0 spiro atoms. The second-order valence-corrected chi connectivity index (χ2v) is 7.82. The summed E-state index contributed by atoms with van der Waals surface area (Å²) in [5.41, 5.74) is 1.24. The van der Waals surface area contributed by atoms with E-state index in [1.54, 1.807) is 25.5 Å². The van der Waals surface area contributed by atoms with E-state index < -0.39 is 0 Å². The van der Waals surface area contributed by atoms with E-state index >= 15 is 0 Å². The number of methoxy groups -OCH3 is 1. The average molecular weight is 356 g/mol. The topological polar surface area (TPSA) is 61.8 Å². The number of thiazole rings is 1. The summed E-state index contributed by atoms with van der Waals surface area (Å²) in [5, 5.41) is 9.89. The zero-order valence-electron chi connectivity index (χ0n) is 16.0. The fraction of sp³-hybridized carbons (Fsp3) is 0.765. The second-order valence-electron chi connectivity index (χ2n) is 6.88. The van der Waals surface area contributed by atoms with Gasteiger partial charge in [-0.05, 0) is 13.5 Å². The maximum atomic E-state index is 5.07. The summed E-state index contributed by atoms with van der Waals surface area (Å²) in [6.45, 7) is 10.9. The van der Waals surface area contributed by atoms with Crippen LogP contribution in [0.2, 0.25) is 0 Å². The molecule has 1 aromatic rings. The molecular weight excluding hydrogens is 322 g/mol. The van der Waals surface area contributed by atoms with Gasteiger partial charge in [-0.2, -0.15) is 0 Å². The number of ether oxygens (including phenoxy) is 1. The standard InChI is InChI=1S/C17H33N5OS/c1-17(2,3)14-13-24-15(21-14)12-20-16(18-4)19-8-10-22(5)9-7-11-23-6/h13H,7-12H2,1-6H3,(H2,18,19,20). The Hall–Kier alpha value is -1.18. The Kier molecular flexibility index (Phi) is 9.25. The van der Waals surface area contributed by atoms with Gasteiger partial charge in [0.1, 0.15) is 5.01 Å². The Labute approximate surface area is 150 Å². The largest absolute Gasteiger partial charge is 0.385 e. The average Bonchev–Trinajstić information content (AvgIpc) is 3.00. The number of rotatable bonds is 9. The van der Waals surface area contributed by atoms with Crippen molar-refractivity contribution in [2.75, 3.05) is 47.4 Å². The van der Waals surface area contributed by atoms with Gasteiger partial charge in [0.2, 0.25) is 0 Å². The highest BCUT2D eigenvalue weighted by Crippen LogP contribution is 2.23. The molecular formula is C17H33N5OS. The number of aromatic nitrogens is 1. The summed E-state index contributed by atoms with van der Waals surface area (Å²) in [7, 11) is 5.65. The number of likely N-dealkylation sites (N-methyl/N-ethyl adjacent to an activating group) is 1. The zero-order valence-corrected chi connectivity index (χ0v) is 16.8. The third kappa shape index (κ3) is 8.08. The second kappa shape index (κ2) is 10.6. The monoisotopic (exact) mass is 355 g/mol. The van der Waals surface area contributed by atoms with Crippen molar-refractivity contribution in [3.8, 4) is 0 Å². The van der Waals surface area contributed by atoms with Crippen molar-refractivity contribution in [3.63, 3.8) is 0 Å². The van der Waals surface area contributed by atoms with Gasteiger partial charge in [0, 0.05) is 51.2 Å². The van der Waals surface area contributed by atoms with Gasteiger partial charge in [-0.1, -0.05) is 20.8 Å². The summed E-state index contributed by atoms with van der Waals surface area (Å²) in [4.78, 5) is 11.2. The van der Waals surface area contributed by atoms with E-state index in [1.165, 1.54) is 0 Å². The van der Waals surface area contributed by atoms with Crippen LogP contribution in [0, 0.1) is 0 Å². The number of hydrogen-bond donors (Lipinski definition) is 2. The van der Waals surface area contributed by atoms with Crippen LogP contribution in [0.1, 0.15) is 37.9 Å². The van der Waals surface area contributed by atoms with Crippen LogP contribution in [0.5, 0.6) is 0 Å². The minimum Gasteiger partial charge on any atom is -0.385 e. The number of guanidine groups is 1. The van der Waals surface area contributed by atoms with Gasteiger partial charge in [0.25, 0.3) is 0 Å². The van der Waals surface area contributed by atoms with E-state index in [1.807, 2.05) is 0 Å². The zero-order chi connectivity index (χ0) is 18.0. The first-order valence-corrected chi connectivity index (χ1v) is 9.31. The van der Waals surface area contributed by atoms with Gasteiger partial charge in [0.15, 0.2) is 5.96 Å². The van der Waals surface area contributed by atoms with Gasteiger partial charge < -0.3 is 20.3 Å². The molecule has 1 aromatic heterocycles. The summed E-state index contributed by atoms with van der Waals surface area (Å²) >= 11 is 1.69. The van der Waals surface area contributed by atoms with Crippen LogP contribution in [-0.4, -0.2) is 63.3 Å².